The van der Waals surface area contributed by atoms with E-state index in [0.29, 0.717) is 13.1 Å². The lowest BCUT2D eigenvalue weighted by atomic mass is 9.98. The Kier molecular flexibility index (Phi) is 14.0. The smallest absolute Gasteiger partial charge is 0.300 e. The lowest BCUT2D eigenvalue weighted by Gasteiger charge is -2.31. The van der Waals surface area contributed by atoms with Gasteiger partial charge in [0.25, 0.3) is 5.97 Å². The van der Waals surface area contributed by atoms with Crippen LogP contribution in [0.2, 0.25) is 0 Å². The molecule has 0 aromatic heterocycles. The number of sulfonamides is 1. The van der Waals surface area contributed by atoms with Gasteiger partial charge >= 0.3 is 0 Å². The average Bonchev–Trinajstić information content (AvgIpc) is 3.86. The van der Waals surface area contributed by atoms with Crippen LogP contribution in [0.4, 0.5) is 0 Å². The number of nitrogens with zero attached hydrogens (tertiary/aromatic N) is 3. The molecule has 2 atom stereocenters. The number of rotatable bonds is 14. The van der Waals surface area contributed by atoms with Crippen LogP contribution in [0.25, 0.3) is 10.8 Å². The van der Waals surface area contributed by atoms with Crippen LogP contribution in [0.3, 0.4) is 0 Å². The van der Waals surface area contributed by atoms with Crippen molar-refractivity contribution in [2.45, 2.75) is 56.0 Å². The Morgan fingerprint density at radius 1 is 1.11 bits per heavy atom. The molecule has 2 fully saturated rings. The zero-order valence-electron chi connectivity index (χ0n) is 25.7. The summed E-state index contributed by atoms with van der Waals surface area (Å²) in [6.07, 6.45) is 4.56. The zero-order valence-corrected chi connectivity index (χ0v) is 27.3. The molecule has 2 aromatic carbocycles. The Hall–Kier alpha value is -3.95. The van der Waals surface area contributed by atoms with Crippen LogP contribution in [0.1, 0.15) is 39.0 Å². The number of likely N-dealkylation sites (tertiary alicyclic amines) is 1. The molecular weight excluding hydrogens is 638 g/mol. The number of nitrogens with one attached hydrogen (secondary N) is 3. The Balaban J connectivity index is 0.00000136. The third-order valence-electron chi connectivity index (χ3n) is 7.45. The van der Waals surface area contributed by atoms with E-state index in [4.69, 9.17) is 27.3 Å². The molecule has 252 valence electrons. The summed E-state index contributed by atoms with van der Waals surface area (Å²) < 4.78 is 29.5. The van der Waals surface area contributed by atoms with Crippen molar-refractivity contribution in [2.24, 2.45) is 16.9 Å². The van der Waals surface area contributed by atoms with E-state index in [1.54, 1.807) is 29.4 Å². The molecule has 2 aromatic rings. The number of aliphatic carboxylic acids is 1. The van der Waals surface area contributed by atoms with Gasteiger partial charge in [-0.3, -0.25) is 19.2 Å². The summed E-state index contributed by atoms with van der Waals surface area (Å²) in [4.78, 5) is 51.0. The van der Waals surface area contributed by atoms with Gasteiger partial charge in [0.05, 0.1) is 11.3 Å². The fourth-order valence-electron chi connectivity index (χ4n) is 5.17. The minimum atomic E-state index is -4.17. The quantitative estimate of drug-likeness (QED) is 0.0635. The fourth-order valence-corrected chi connectivity index (χ4v) is 6.49. The second-order valence-electron chi connectivity index (χ2n) is 11.2. The zero-order chi connectivity index (χ0) is 33.7. The molecule has 0 unspecified atom stereocenters. The van der Waals surface area contributed by atoms with E-state index >= 15 is 0 Å². The standard InChI is InChI=1S/C28H38ClN7O5S.C2H4O2/c29-16-27(38)31-11-13-36(23-8-9-23)28(39)25(15-26(37)32-17-20-4-3-12-35(18-20)19-33-30)34-42(40,41)24-10-7-21-5-1-2-6-22(21)14-24;1-2(3)4/h1-2,5-7,10,14,19-20,23,25,34H,3-4,8-9,11-13,15-18,30H2,(H,31,38)(H,32,37);1H3,(H,3,4)/t20-,25-;/m0./s1. The number of halogens is 1. The number of carbonyl (C=O) groups is 4. The summed E-state index contributed by atoms with van der Waals surface area (Å²) in [6.45, 7) is 3.31. The molecule has 6 N–H and O–H groups in total. The van der Waals surface area contributed by atoms with Crippen LogP contribution < -0.4 is 21.2 Å². The molecule has 1 aliphatic heterocycles. The number of amides is 3. The largest absolute Gasteiger partial charge is 0.481 e. The molecule has 3 amide bonds. The number of carboxylic acid groups (broad SMARTS) is 1. The first-order valence-electron chi connectivity index (χ1n) is 15.0. The van der Waals surface area contributed by atoms with Crippen LogP contribution in [-0.2, 0) is 29.2 Å². The van der Waals surface area contributed by atoms with Crippen molar-refractivity contribution in [3.05, 3.63) is 42.5 Å². The maximum Gasteiger partial charge on any atom is 0.300 e. The van der Waals surface area contributed by atoms with E-state index < -0.39 is 33.8 Å². The highest BCUT2D eigenvalue weighted by molar-refractivity contribution is 7.89. The van der Waals surface area contributed by atoms with Crippen molar-refractivity contribution in [3.63, 3.8) is 0 Å². The summed E-state index contributed by atoms with van der Waals surface area (Å²) in [6, 6.07) is 10.7. The highest BCUT2D eigenvalue weighted by Gasteiger charge is 2.38. The van der Waals surface area contributed by atoms with Gasteiger partial charge in [-0.25, -0.2) is 8.42 Å². The van der Waals surface area contributed by atoms with E-state index in [9.17, 15) is 22.8 Å². The minimum Gasteiger partial charge on any atom is -0.481 e. The summed E-state index contributed by atoms with van der Waals surface area (Å²) in [5.41, 5.74) is 0. The molecular formula is C30H42ClN7O7S. The number of hydrogen-bond donors (Lipinski definition) is 5. The monoisotopic (exact) mass is 679 g/mol. The first kappa shape index (κ1) is 36.5. The Bertz CT molecular complexity index is 1500. The molecule has 14 nitrogen and oxygen atoms in total. The summed E-state index contributed by atoms with van der Waals surface area (Å²) >= 11 is 5.56. The number of nitrogens with two attached hydrogens (primary N) is 1. The Labute approximate surface area is 273 Å². The first-order valence-corrected chi connectivity index (χ1v) is 17.0. The van der Waals surface area contributed by atoms with Crippen molar-refractivity contribution in [1.29, 1.82) is 0 Å². The predicted molar refractivity (Wildman–Crippen MR) is 174 cm³/mol. The van der Waals surface area contributed by atoms with Crippen molar-refractivity contribution in [1.82, 2.24) is 25.2 Å². The summed E-state index contributed by atoms with van der Waals surface area (Å²) in [7, 11) is -4.17. The Morgan fingerprint density at radius 2 is 1.80 bits per heavy atom. The topological polar surface area (TPSA) is 204 Å². The van der Waals surface area contributed by atoms with Crippen LogP contribution in [-0.4, -0.2) is 104 Å². The molecule has 0 spiro atoms. The maximum atomic E-state index is 13.8. The van der Waals surface area contributed by atoms with Crippen LogP contribution in [0, 0.1) is 5.92 Å². The number of alkyl halides is 1. The van der Waals surface area contributed by atoms with Gasteiger partial charge in [-0.1, -0.05) is 30.3 Å². The lowest BCUT2D eigenvalue weighted by molar-refractivity contribution is -0.136. The Morgan fingerprint density at radius 3 is 2.46 bits per heavy atom. The maximum absolute atomic E-state index is 13.8. The van der Waals surface area contributed by atoms with Gasteiger partial charge in [-0.15, -0.1) is 11.6 Å². The molecule has 1 saturated carbocycles. The number of carbonyl (C=O) groups excluding carboxylic acids is 3. The van der Waals surface area contributed by atoms with E-state index in [1.165, 1.54) is 6.07 Å². The molecule has 1 saturated heterocycles. The predicted octanol–water partition coefficient (Wildman–Crippen LogP) is 1.04. The van der Waals surface area contributed by atoms with Gasteiger partial charge in [-0.2, -0.15) is 9.82 Å². The van der Waals surface area contributed by atoms with Crippen LogP contribution in [0.5, 0.6) is 0 Å². The van der Waals surface area contributed by atoms with Gasteiger partial charge < -0.3 is 31.4 Å². The fraction of sp³-hybridized carbons (Fsp3) is 0.500. The number of carboxylic acids is 1. The molecule has 0 radical (unpaired) electrons. The SMILES string of the molecule is CC(=O)O.NN=CN1CCC[C@@H](CNC(=O)C[C@H](NS(=O)(=O)c2ccc3ccccc3c2)C(=O)N(CCNC(=O)CCl)C2CC2)C1. The van der Waals surface area contributed by atoms with Crippen molar-refractivity contribution < 1.29 is 32.7 Å². The molecule has 1 aliphatic carbocycles. The molecule has 46 heavy (non-hydrogen) atoms. The second-order valence-corrected chi connectivity index (χ2v) is 13.2. The molecule has 16 heteroatoms. The summed E-state index contributed by atoms with van der Waals surface area (Å²) in [5.74, 6) is 3.08. The summed E-state index contributed by atoms with van der Waals surface area (Å²) in [5, 5.41) is 18.1. The van der Waals surface area contributed by atoms with E-state index in [1.807, 2.05) is 23.1 Å². The second kappa shape index (κ2) is 17.7. The highest BCUT2D eigenvalue weighted by Crippen LogP contribution is 2.28. The van der Waals surface area contributed by atoms with E-state index in [-0.39, 0.29) is 48.2 Å². The average molecular weight is 680 g/mol. The number of hydrogen-bond acceptors (Lipinski definition) is 8. The number of piperidine rings is 1. The van der Waals surface area contributed by atoms with Gasteiger partial charge in [0, 0.05) is 45.7 Å². The molecule has 2 aliphatic rings. The highest BCUT2D eigenvalue weighted by atomic mass is 35.5. The number of hydrazone groups is 1. The first-order chi connectivity index (χ1) is 21.9. The van der Waals surface area contributed by atoms with Crippen LogP contribution >= 0.6 is 11.6 Å². The number of fused-ring (bicyclic) bond motifs is 1. The van der Waals surface area contributed by atoms with E-state index in [2.05, 4.69) is 20.5 Å². The van der Waals surface area contributed by atoms with Crippen LogP contribution in [0.15, 0.2) is 52.5 Å². The van der Waals surface area contributed by atoms with Crippen molar-refractivity contribution in [3.8, 4) is 0 Å². The van der Waals surface area contributed by atoms with Gasteiger partial charge in [-0.05, 0) is 54.5 Å². The minimum absolute atomic E-state index is 0.00405. The van der Waals surface area contributed by atoms with E-state index in [0.717, 1.165) is 49.9 Å². The molecule has 4 rings (SSSR count). The van der Waals surface area contributed by atoms with Gasteiger partial charge in [0.2, 0.25) is 27.7 Å². The molecule has 1 heterocycles. The normalized spacial score (nSPS) is 17.1. The molecule has 0 bridgehead atoms. The third kappa shape index (κ3) is 11.8. The number of benzene rings is 2. The third-order valence-corrected chi connectivity index (χ3v) is 9.16. The lowest BCUT2D eigenvalue weighted by Crippen LogP contribution is -2.52. The van der Waals surface area contributed by atoms with Gasteiger partial charge in [0.15, 0.2) is 0 Å². The van der Waals surface area contributed by atoms with Gasteiger partial charge in [0.1, 0.15) is 18.3 Å². The van der Waals surface area contributed by atoms with Crippen molar-refractivity contribution in [2.75, 3.05) is 38.6 Å². The van der Waals surface area contributed by atoms with Crippen molar-refractivity contribution >= 4 is 62.4 Å².